The van der Waals surface area contributed by atoms with E-state index in [1.807, 2.05) is 12.1 Å². The van der Waals surface area contributed by atoms with Crippen molar-refractivity contribution in [2.24, 2.45) is 0 Å². The van der Waals surface area contributed by atoms with Crippen molar-refractivity contribution in [2.75, 3.05) is 26.2 Å². The van der Waals surface area contributed by atoms with Crippen molar-refractivity contribution in [3.05, 3.63) is 59.5 Å². The molecule has 5 heteroatoms. The van der Waals surface area contributed by atoms with E-state index in [0.717, 1.165) is 57.5 Å². The van der Waals surface area contributed by atoms with Crippen LogP contribution in [0.1, 0.15) is 60.3 Å². The summed E-state index contributed by atoms with van der Waals surface area (Å²) in [5.41, 5.74) is 3.79. The Morgan fingerprint density at radius 2 is 1.79 bits per heavy atom. The molecule has 1 heterocycles. The van der Waals surface area contributed by atoms with Gasteiger partial charge >= 0.3 is 0 Å². The summed E-state index contributed by atoms with van der Waals surface area (Å²) in [6.07, 6.45) is 16.8. The maximum atomic E-state index is 9.40. The third-order valence-electron chi connectivity index (χ3n) is 5.92. The average Bonchev–Trinajstić information content (AvgIpc) is 2.84. The van der Waals surface area contributed by atoms with E-state index in [2.05, 4.69) is 61.8 Å². The fourth-order valence-electron chi connectivity index (χ4n) is 3.66. The largest absolute Gasteiger partial charge is 0.508 e. The van der Waals surface area contributed by atoms with Crippen LogP contribution in [0.4, 0.5) is 0 Å². The zero-order valence-electron chi connectivity index (χ0n) is 21.6. The van der Waals surface area contributed by atoms with Gasteiger partial charge in [0.05, 0.1) is 0 Å². The highest BCUT2D eigenvalue weighted by atomic mass is 16.5. The van der Waals surface area contributed by atoms with Crippen molar-refractivity contribution < 1.29 is 14.6 Å². The molecule has 0 aliphatic carbocycles. The van der Waals surface area contributed by atoms with Crippen LogP contribution in [-0.2, 0) is 4.79 Å². The quantitative estimate of drug-likeness (QED) is 0.263. The summed E-state index contributed by atoms with van der Waals surface area (Å²) in [6, 6.07) is 7.00. The van der Waals surface area contributed by atoms with Crippen LogP contribution in [-0.4, -0.2) is 53.5 Å². The second-order valence-corrected chi connectivity index (χ2v) is 8.47. The highest BCUT2D eigenvalue weighted by Crippen LogP contribution is 2.22. The summed E-state index contributed by atoms with van der Waals surface area (Å²) in [6.45, 7) is 14.1. The van der Waals surface area contributed by atoms with Crippen molar-refractivity contribution in [3.63, 3.8) is 0 Å². The molecule has 5 nitrogen and oxygen atoms in total. The fourth-order valence-corrected chi connectivity index (χ4v) is 3.66. The van der Waals surface area contributed by atoms with Crippen molar-refractivity contribution >= 4 is 6.29 Å². The van der Waals surface area contributed by atoms with E-state index in [9.17, 15) is 5.11 Å². The van der Waals surface area contributed by atoms with Crippen LogP contribution < -0.4 is 4.74 Å². The average molecular weight is 467 g/mol. The van der Waals surface area contributed by atoms with E-state index in [1.165, 1.54) is 23.8 Å². The number of carbonyl (C=O) groups excluding carboxylic acids is 1. The number of allylic oxidation sites excluding steroid dienone is 5. The lowest BCUT2D eigenvalue weighted by molar-refractivity contribution is -0.106. The molecule has 34 heavy (non-hydrogen) atoms. The van der Waals surface area contributed by atoms with Crippen LogP contribution in [0.25, 0.3) is 0 Å². The maximum absolute atomic E-state index is 9.40. The minimum absolute atomic E-state index is 0.251. The Labute approximate surface area is 206 Å². The number of ether oxygens (including phenoxy) is 1. The second kappa shape index (κ2) is 16.6. The summed E-state index contributed by atoms with van der Waals surface area (Å²) in [5.74, 6) is 3.81. The monoisotopic (exact) mass is 466 g/mol. The molecule has 0 aromatic heterocycles. The number of aldehydes is 1. The van der Waals surface area contributed by atoms with Crippen molar-refractivity contribution in [1.82, 2.24) is 9.80 Å². The van der Waals surface area contributed by atoms with Crippen LogP contribution in [0.3, 0.4) is 0 Å². The van der Waals surface area contributed by atoms with Gasteiger partial charge in [-0.2, -0.15) is 0 Å². The minimum Gasteiger partial charge on any atom is -0.508 e. The molecular formula is C29H42N2O3. The van der Waals surface area contributed by atoms with Gasteiger partial charge in [0.2, 0.25) is 0 Å². The maximum Gasteiger partial charge on any atom is 0.119 e. The first kappa shape index (κ1) is 29.1. The Hall–Kier alpha value is -2.97. The van der Waals surface area contributed by atoms with Crippen molar-refractivity contribution in [2.45, 2.75) is 66.4 Å². The zero-order valence-corrected chi connectivity index (χ0v) is 21.6. The molecule has 0 spiro atoms. The number of phenols is 1. The number of rotatable bonds is 10. The van der Waals surface area contributed by atoms with Crippen LogP contribution >= 0.6 is 0 Å². The molecular weight excluding hydrogens is 424 g/mol. The number of nitrogens with zero attached hydrogens (tertiary/aromatic N) is 2. The molecule has 1 aliphatic rings. The van der Waals surface area contributed by atoms with Crippen LogP contribution in [0.5, 0.6) is 11.5 Å². The van der Waals surface area contributed by atoms with Gasteiger partial charge in [-0.25, -0.2) is 0 Å². The molecule has 0 atom stereocenters. The molecule has 1 fully saturated rings. The third kappa shape index (κ3) is 11.2. The number of hydrogen-bond donors (Lipinski definition) is 1. The van der Waals surface area contributed by atoms with E-state index in [-0.39, 0.29) is 11.9 Å². The number of terminal acetylenes is 1. The van der Waals surface area contributed by atoms with Crippen molar-refractivity contribution in [3.8, 4) is 23.8 Å². The van der Waals surface area contributed by atoms with Crippen LogP contribution in [0, 0.1) is 12.3 Å². The van der Waals surface area contributed by atoms with Crippen LogP contribution in [0.15, 0.2) is 59.5 Å². The number of piperidine rings is 1. The summed E-state index contributed by atoms with van der Waals surface area (Å²) >= 11 is 0. The minimum atomic E-state index is 0.251. The van der Waals surface area contributed by atoms with Gasteiger partial charge in [0.1, 0.15) is 23.9 Å². The molecule has 186 valence electrons. The lowest BCUT2D eigenvalue weighted by atomic mass is 10.1. The van der Waals surface area contributed by atoms with E-state index in [1.54, 1.807) is 12.1 Å². The summed E-state index contributed by atoms with van der Waals surface area (Å²) in [5, 5.41) is 9.40. The normalized spacial score (nSPS) is 15.7. The second-order valence-electron chi connectivity index (χ2n) is 8.47. The molecule has 2 rings (SSSR count). The van der Waals surface area contributed by atoms with Gasteiger partial charge in [0.15, 0.2) is 0 Å². The molecule has 1 saturated heterocycles. The first-order valence-electron chi connectivity index (χ1n) is 12.1. The summed E-state index contributed by atoms with van der Waals surface area (Å²) in [7, 11) is 0. The first-order chi connectivity index (χ1) is 16.3. The number of carbonyl (C=O) groups is 1. The van der Waals surface area contributed by atoms with Gasteiger partial charge in [-0.15, -0.1) is 12.3 Å². The number of likely N-dealkylation sites (tertiary alicyclic amines) is 1. The molecule has 1 N–H and O–H groups in total. The summed E-state index contributed by atoms with van der Waals surface area (Å²) < 4.78 is 6.06. The molecule has 1 aromatic carbocycles. The van der Waals surface area contributed by atoms with E-state index in [4.69, 9.17) is 16.0 Å². The van der Waals surface area contributed by atoms with Gasteiger partial charge in [-0.05, 0) is 90.3 Å². The number of hydrogen-bond acceptors (Lipinski definition) is 5. The summed E-state index contributed by atoms with van der Waals surface area (Å²) in [4.78, 5) is 13.7. The SMILES string of the molecule is C#CC/C=C(\C)N(/C=C(C)\C(C)=C\C)CCCN1CCC(Oc2ccc(O)cc2)CC1.CC=O. The molecule has 0 bridgehead atoms. The van der Waals surface area contributed by atoms with Gasteiger partial charge in [0, 0.05) is 38.0 Å². The molecule has 0 radical (unpaired) electrons. The predicted molar refractivity (Wildman–Crippen MR) is 142 cm³/mol. The van der Waals surface area contributed by atoms with E-state index < -0.39 is 0 Å². The Morgan fingerprint density at radius 3 is 2.35 bits per heavy atom. The lowest BCUT2D eigenvalue weighted by Crippen LogP contribution is -2.39. The molecule has 1 aromatic rings. The van der Waals surface area contributed by atoms with Crippen LogP contribution in [0.2, 0.25) is 0 Å². The Bertz CT molecular complexity index is 854. The number of benzene rings is 1. The van der Waals surface area contributed by atoms with Gasteiger partial charge < -0.3 is 24.4 Å². The fraction of sp³-hybridized carbons (Fsp3) is 0.483. The molecule has 0 unspecified atom stereocenters. The Kier molecular flexibility index (Phi) is 14.2. The third-order valence-corrected chi connectivity index (χ3v) is 5.92. The number of phenolic OH excluding ortho intramolecular Hbond substituents is 1. The first-order valence-corrected chi connectivity index (χ1v) is 12.1. The Morgan fingerprint density at radius 1 is 1.18 bits per heavy atom. The molecule has 0 amide bonds. The van der Waals surface area contributed by atoms with Gasteiger partial charge in [0.25, 0.3) is 0 Å². The topological polar surface area (TPSA) is 53.0 Å². The zero-order chi connectivity index (χ0) is 25.3. The lowest BCUT2D eigenvalue weighted by Gasteiger charge is -2.32. The molecule has 1 aliphatic heterocycles. The highest BCUT2D eigenvalue weighted by Gasteiger charge is 2.20. The Balaban J connectivity index is 0.00000182. The predicted octanol–water partition coefficient (Wildman–Crippen LogP) is 5.93. The standard InChI is InChI=1S/C27H38N2O2.C2H4O/c1-6-8-10-24(5)29(21-23(4)22(3)7-2)18-9-17-28-19-15-27(16-20-28)31-26-13-11-25(30)12-14-26;1-2-3/h1,7,10-14,21,27,30H,8-9,15-20H2,2-5H3;2H,1H3/b22-7+,23-21-,24-10+;. The van der Waals surface area contributed by atoms with Crippen molar-refractivity contribution in [1.29, 1.82) is 0 Å². The molecule has 0 saturated carbocycles. The number of aromatic hydroxyl groups is 1. The van der Waals surface area contributed by atoms with E-state index >= 15 is 0 Å². The smallest absolute Gasteiger partial charge is 0.119 e. The highest BCUT2D eigenvalue weighted by molar-refractivity contribution is 5.44. The van der Waals surface area contributed by atoms with Gasteiger partial charge in [-0.3, -0.25) is 0 Å². The van der Waals surface area contributed by atoms with E-state index in [0.29, 0.717) is 6.42 Å². The van der Waals surface area contributed by atoms with Gasteiger partial charge in [-0.1, -0.05) is 17.7 Å².